The summed E-state index contributed by atoms with van der Waals surface area (Å²) in [5.41, 5.74) is 0.790. The molecule has 1 N–H and O–H groups in total. The molecule has 1 aliphatic rings. The zero-order chi connectivity index (χ0) is 8.55. The quantitative estimate of drug-likeness (QED) is 0.727. The van der Waals surface area contributed by atoms with E-state index in [0.717, 1.165) is 18.5 Å². The first-order valence-corrected chi connectivity index (χ1v) is 3.96. The van der Waals surface area contributed by atoms with E-state index < -0.39 is 5.97 Å². The maximum absolute atomic E-state index is 10.4. The van der Waals surface area contributed by atoms with Crippen LogP contribution < -0.4 is 0 Å². The van der Waals surface area contributed by atoms with Crippen molar-refractivity contribution in [3.05, 3.63) is 17.8 Å². The van der Waals surface area contributed by atoms with Gasteiger partial charge in [0.05, 0.1) is 5.69 Å². The van der Waals surface area contributed by atoms with E-state index in [9.17, 15) is 4.79 Å². The topological polar surface area (TPSA) is 63.3 Å². The summed E-state index contributed by atoms with van der Waals surface area (Å²) in [6.45, 7) is 0. The third kappa shape index (κ3) is 1.09. The molecular formula is C8H9NO3. The predicted molar refractivity (Wildman–Crippen MR) is 40.1 cm³/mol. The molecule has 1 saturated carbocycles. The van der Waals surface area contributed by atoms with Crippen LogP contribution in [0.2, 0.25) is 0 Å². The van der Waals surface area contributed by atoms with Gasteiger partial charge in [0.15, 0.2) is 0 Å². The smallest absolute Gasteiger partial charge is 0.392 e. The van der Waals surface area contributed by atoms with Crippen LogP contribution in [-0.2, 0) is 0 Å². The van der Waals surface area contributed by atoms with E-state index in [1.54, 1.807) is 0 Å². The number of hydrogen-bond acceptors (Lipinski definition) is 3. The van der Waals surface area contributed by atoms with Gasteiger partial charge < -0.3 is 9.52 Å². The minimum atomic E-state index is -1.10. The van der Waals surface area contributed by atoms with Gasteiger partial charge in [0, 0.05) is 5.92 Å². The van der Waals surface area contributed by atoms with Crippen LogP contribution in [-0.4, -0.2) is 16.1 Å². The normalized spacial score (nSPS) is 17.3. The average Bonchev–Trinajstić information content (AvgIpc) is 2.32. The molecule has 0 saturated heterocycles. The summed E-state index contributed by atoms with van der Waals surface area (Å²) in [5, 5.41) is 8.51. The molecule has 0 bridgehead atoms. The summed E-state index contributed by atoms with van der Waals surface area (Å²) in [4.78, 5) is 14.3. The monoisotopic (exact) mass is 167 g/mol. The van der Waals surface area contributed by atoms with E-state index in [2.05, 4.69) is 4.98 Å². The van der Waals surface area contributed by atoms with Crippen molar-refractivity contribution in [2.24, 2.45) is 0 Å². The van der Waals surface area contributed by atoms with Gasteiger partial charge in [-0.15, -0.1) is 0 Å². The molecule has 1 aromatic rings. The summed E-state index contributed by atoms with van der Waals surface area (Å²) in [7, 11) is 0. The summed E-state index contributed by atoms with van der Waals surface area (Å²) in [6, 6.07) is 0. The molecular weight excluding hydrogens is 158 g/mol. The summed E-state index contributed by atoms with van der Waals surface area (Å²) in [6.07, 6.45) is 4.87. The van der Waals surface area contributed by atoms with Crippen LogP contribution in [0.15, 0.2) is 10.7 Å². The molecule has 64 valence electrons. The van der Waals surface area contributed by atoms with Gasteiger partial charge in [0.1, 0.15) is 6.26 Å². The van der Waals surface area contributed by atoms with Crippen LogP contribution in [0.5, 0.6) is 0 Å². The molecule has 0 atom stereocenters. The Morgan fingerprint density at radius 3 is 2.83 bits per heavy atom. The maximum Gasteiger partial charge on any atom is 0.392 e. The molecule has 4 heteroatoms. The van der Waals surface area contributed by atoms with Gasteiger partial charge in [-0.25, -0.2) is 9.78 Å². The largest absolute Gasteiger partial charge is 0.474 e. The minimum Gasteiger partial charge on any atom is -0.474 e. The highest BCUT2D eigenvalue weighted by atomic mass is 16.4. The van der Waals surface area contributed by atoms with Crippen molar-refractivity contribution in [1.82, 2.24) is 4.98 Å². The van der Waals surface area contributed by atoms with Gasteiger partial charge >= 0.3 is 11.9 Å². The minimum absolute atomic E-state index is 0.197. The molecule has 0 amide bonds. The first-order chi connectivity index (χ1) is 5.77. The average molecular weight is 167 g/mol. The number of hydrogen-bond donors (Lipinski definition) is 1. The summed E-state index contributed by atoms with van der Waals surface area (Å²) >= 11 is 0. The third-order valence-electron chi connectivity index (χ3n) is 2.23. The molecule has 1 heterocycles. The Labute approximate surface area is 69.2 Å². The SMILES string of the molecule is O=C(O)c1nc(C2CCC2)co1. The van der Waals surface area contributed by atoms with Crippen molar-refractivity contribution in [2.75, 3.05) is 0 Å². The fourth-order valence-corrected chi connectivity index (χ4v) is 1.28. The summed E-state index contributed by atoms with van der Waals surface area (Å²) in [5.74, 6) is -0.862. The molecule has 0 unspecified atom stereocenters. The van der Waals surface area contributed by atoms with E-state index in [0.29, 0.717) is 5.92 Å². The van der Waals surface area contributed by atoms with Crippen molar-refractivity contribution in [1.29, 1.82) is 0 Å². The number of carboxylic acid groups (broad SMARTS) is 1. The summed E-state index contributed by atoms with van der Waals surface area (Å²) < 4.78 is 4.77. The van der Waals surface area contributed by atoms with Crippen LogP contribution in [0.25, 0.3) is 0 Å². The van der Waals surface area contributed by atoms with Crippen LogP contribution in [0, 0.1) is 0 Å². The van der Waals surface area contributed by atoms with Crippen molar-refractivity contribution < 1.29 is 14.3 Å². The molecule has 1 fully saturated rings. The first-order valence-electron chi connectivity index (χ1n) is 3.96. The highest BCUT2D eigenvalue weighted by molar-refractivity contribution is 5.82. The van der Waals surface area contributed by atoms with Gasteiger partial charge in [-0.3, -0.25) is 0 Å². The lowest BCUT2D eigenvalue weighted by atomic mass is 9.83. The predicted octanol–water partition coefficient (Wildman–Crippen LogP) is 1.64. The molecule has 0 aliphatic heterocycles. The van der Waals surface area contributed by atoms with Crippen LogP contribution in [0.1, 0.15) is 41.6 Å². The highest BCUT2D eigenvalue weighted by Gasteiger charge is 2.24. The molecule has 2 rings (SSSR count). The molecule has 0 radical (unpaired) electrons. The number of oxazole rings is 1. The lowest BCUT2D eigenvalue weighted by Crippen LogP contribution is -2.09. The Hall–Kier alpha value is -1.32. The Balaban J connectivity index is 2.17. The molecule has 4 nitrogen and oxygen atoms in total. The number of carbonyl (C=O) groups is 1. The van der Waals surface area contributed by atoms with Crippen LogP contribution in [0.3, 0.4) is 0 Å². The first kappa shape index (κ1) is 7.34. The van der Waals surface area contributed by atoms with Gasteiger partial charge in [-0.2, -0.15) is 0 Å². The Morgan fingerprint density at radius 1 is 1.67 bits per heavy atom. The second kappa shape index (κ2) is 2.62. The number of carboxylic acids is 1. The number of nitrogens with zero attached hydrogens (tertiary/aromatic N) is 1. The Kier molecular flexibility index (Phi) is 1.60. The molecule has 1 aliphatic carbocycles. The molecule has 0 spiro atoms. The van der Waals surface area contributed by atoms with E-state index in [-0.39, 0.29) is 5.89 Å². The molecule has 1 aromatic heterocycles. The fourth-order valence-electron chi connectivity index (χ4n) is 1.28. The lowest BCUT2D eigenvalue weighted by Gasteiger charge is -2.22. The number of aromatic carboxylic acids is 1. The van der Waals surface area contributed by atoms with Crippen molar-refractivity contribution in [3.63, 3.8) is 0 Å². The second-order valence-electron chi connectivity index (χ2n) is 3.01. The zero-order valence-corrected chi connectivity index (χ0v) is 6.49. The fraction of sp³-hybridized carbons (Fsp3) is 0.500. The van der Waals surface area contributed by atoms with Crippen molar-refractivity contribution >= 4 is 5.97 Å². The third-order valence-corrected chi connectivity index (χ3v) is 2.23. The lowest BCUT2D eigenvalue weighted by molar-refractivity contribution is 0.0653. The highest BCUT2D eigenvalue weighted by Crippen LogP contribution is 2.35. The standard InChI is InChI=1S/C8H9NO3/c10-8(11)7-9-6(4-12-7)5-2-1-3-5/h4-5H,1-3H2,(H,10,11). The Bertz CT molecular complexity index is 301. The van der Waals surface area contributed by atoms with Crippen molar-refractivity contribution in [3.8, 4) is 0 Å². The number of rotatable bonds is 2. The van der Waals surface area contributed by atoms with Gasteiger partial charge in [-0.1, -0.05) is 6.42 Å². The van der Waals surface area contributed by atoms with E-state index >= 15 is 0 Å². The van der Waals surface area contributed by atoms with Crippen molar-refractivity contribution in [2.45, 2.75) is 25.2 Å². The van der Waals surface area contributed by atoms with E-state index in [1.807, 2.05) is 0 Å². The van der Waals surface area contributed by atoms with E-state index in [1.165, 1.54) is 12.7 Å². The maximum atomic E-state index is 10.4. The van der Waals surface area contributed by atoms with Crippen LogP contribution in [0.4, 0.5) is 0 Å². The second-order valence-corrected chi connectivity index (χ2v) is 3.01. The zero-order valence-electron chi connectivity index (χ0n) is 6.49. The molecule has 0 aromatic carbocycles. The number of aromatic nitrogens is 1. The van der Waals surface area contributed by atoms with Gasteiger partial charge in [0.25, 0.3) is 0 Å². The Morgan fingerprint density at radius 2 is 2.42 bits per heavy atom. The molecule has 12 heavy (non-hydrogen) atoms. The van der Waals surface area contributed by atoms with Gasteiger partial charge in [-0.05, 0) is 12.8 Å². The van der Waals surface area contributed by atoms with Gasteiger partial charge in [0.2, 0.25) is 0 Å². The van der Waals surface area contributed by atoms with Crippen LogP contribution >= 0.6 is 0 Å². The van der Waals surface area contributed by atoms with E-state index in [4.69, 9.17) is 9.52 Å².